The summed E-state index contributed by atoms with van der Waals surface area (Å²) in [5.74, 6) is 0.983. The molecule has 1 unspecified atom stereocenters. The number of aryl methyl sites for hydroxylation is 1. The summed E-state index contributed by atoms with van der Waals surface area (Å²) in [4.78, 5) is 12.2. The van der Waals surface area contributed by atoms with Crippen molar-refractivity contribution in [3.05, 3.63) is 35.6 Å². The van der Waals surface area contributed by atoms with Crippen molar-refractivity contribution in [2.45, 2.75) is 33.6 Å². The van der Waals surface area contributed by atoms with Gasteiger partial charge in [0.1, 0.15) is 5.58 Å². The molecule has 0 spiro atoms. The Morgan fingerprint density at radius 2 is 2.09 bits per heavy atom. The van der Waals surface area contributed by atoms with Crippen LogP contribution in [0.4, 0.5) is 0 Å². The van der Waals surface area contributed by atoms with Crippen molar-refractivity contribution in [1.29, 1.82) is 0 Å². The molecule has 0 bridgehead atoms. The summed E-state index contributed by atoms with van der Waals surface area (Å²) in [6, 6.07) is 7.63. The number of carbonyl (C=O) groups excluding carboxylic acids is 1. The van der Waals surface area contributed by atoms with Gasteiger partial charge in [-0.05, 0) is 49.8 Å². The predicted octanol–water partition coefficient (Wildman–Crippen LogP) is 3.52. The topological polar surface area (TPSA) is 62.5 Å². The molecule has 4 nitrogen and oxygen atoms in total. The fourth-order valence-corrected chi connectivity index (χ4v) is 2.75. The second kappa shape index (κ2) is 7.45. The van der Waals surface area contributed by atoms with E-state index >= 15 is 0 Å². The lowest BCUT2D eigenvalue weighted by atomic mass is 9.94. The number of aliphatic hydroxyl groups excluding tert-OH is 1. The van der Waals surface area contributed by atoms with E-state index in [-0.39, 0.29) is 12.5 Å². The lowest BCUT2D eigenvalue weighted by molar-refractivity contribution is 0.0916. The normalized spacial score (nSPS) is 12.8. The van der Waals surface area contributed by atoms with Gasteiger partial charge in [-0.2, -0.15) is 0 Å². The van der Waals surface area contributed by atoms with Gasteiger partial charge in [0.2, 0.25) is 0 Å². The van der Waals surface area contributed by atoms with Gasteiger partial charge >= 0.3 is 0 Å². The molecule has 1 heterocycles. The van der Waals surface area contributed by atoms with Gasteiger partial charge < -0.3 is 14.8 Å². The zero-order chi connectivity index (χ0) is 16.1. The summed E-state index contributed by atoms with van der Waals surface area (Å²) in [5, 5.41) is 13.0. The van der Waals surface area contributed by atoms with Crippen LogP contribution in [-0.4, -0.2) is 24.2 Å². The molecular formula is C18H25NO3. The molecule has 4 heteroatoms. The maximum absolute atomic E-state index is 12.2. The molecule has 1 atom stereocenters. The molecule has 0 radical (unpaired) electrons. The van der Waals surface area contributed by atoms with Crippen molar-refractivity contribution in [3.8, 4) is 0 Å². The summed E-state index contributed by atoms with van der Waals surface area (Å²) in [6.07, 6.45) is 1.69. The Hall–Kier alpha value is -1.81. The molecule has 0 aliphatic carbocycles. The number of fused-ring (bicyclic) bond motifs is 1. The van der Waals surface area contributed by atoms with E-state index in [1.54, 1.807) is 6.07 Å². The van der Waals surface area contributed by atoms with Gasteiger partial charge in [0.05, 0.1) is 0 Å². The largest absolute Gasteiger partial charge is 0.451 e. The predicted molar refractivity (Wildman–Crippen MR) is 87.9 cm³/mol. The number of amides is 1. The second-order valence-electron chi connectivity index (χ2n) is 6.37. The quantitative estimate of drug-likeness (QED) is 0.822. The molecular weight excluding hydrogens is 278 g/mol. The highest BCUT2D eigenvalue weighted by atomic mass is 16.3. The Morgan fingerprint density at radius 1 is 1.32 bits per heavy atom. The van der Waals surface area contributed by atoms with Crippen molar-refractivity contribution in [1.82, 2.24) is 5.32 Å². The number of nitrogens with one attached hydrogen (secondary N) is 1. The summed E-state index contributed by atoms with van der Waals surface area (Å²) in [6.45, 7) is 7.02. The molecule has 2 rings (SSSR count). The Kier molecular flexibility index (Phi) is 5.61. The van der Waals surface area contributed by atoms with Crippen LogP contribution in [0.5, 0.6) is 0 Å². The molecule has 2 aromatic rings. The average molecular weight is 303 g/mol. The first-order valence-corrected chi connectivity index (χ1v) is 7.89. The highest BCUT2D eigenvalue weighted by molar-refractivity contribution is 5.96. The smallest absolute Gasteiger partial charge is 0.287 e. The minimum Gasteiger partial charge on any atom is -0.451 e. The molecule has 2 N–H and O–H groups in total. The Bertz CT molecular complexity index is 630. The van der Waals surface area contributed by atoms with Crippen molar-refractivity contribution < 1.29 is 14.3 Å². The molecule has 0 saturated heterocycles. The minimum atomic E-state index is -0.194. The van der Waals surface area contributed by atoms with E-state index in [2.05, 4.69) is 19.2 Å². The summed E-state index contributed by atoms with van der Waals surface area (Å²) in [7, 11) is 0. The number of aliphatic hydroxyl groups is 1. The molecule has 1 amide bonds. The van der Waals surface area contributed by atoms with E-state index < -0.39 is 0 Å². The molecule has 0 fully saturated rings. The highest BCUT2D eigenvalue weighted by Gasteiger charge is 2.15. The van der Waals surface area contributed by atoms with Crippen LogP contribution in [0.3, 0.4) is 0 Å². The molecule has 0 saturated carbocycles. The highest BCUT2D eigenvalue weighted by Crippen LogP contribution is 2.21. The van der Waals surface area contributed by atoms with Gasteiger partial charge in [-0.15, -0.1) is 0 Å². The van der Waals surface area contributed by atoms with E-state index in [4.69, 9.17) is 9.52 Å². The van der Waals surface area contributed by atoms with Gasteiger partial charge in [-0.3, -0.25) is 4.79 Å². The van der Waals surface area contributed by atoms with Crippen LogP contribution >= 0.6 is 0 Å². The van der Waals surface area contributed by atoms with Gasteiger partial charge in [-0.1, -0.05) is 25.5 Å². The monoisotopic (exact) mass is 303 g/mol. The summed E-state index contributed by atoms with van der Waals surface area (Å²) in [5.41, 5.74) is 1.87. The number of hydrogen-bond acceptors (Lipinski definition) is 3. The first-order chi connectivity index (χ1) is 10.5. The number of furan rings is 1. The number of benzene rings is 1. The first kappa shape index (κ1) is 16.6. The van der Waals surface area contributed by atoms with E-state index in [0.29, 0.717) is 30.6 Å². The van der Waals surface area contributed by atoms with Crippen molar-refractivity contribution >= 4 is 16.9 Å². The second-order valence-corrected chi connectivity index (χ2v) is 6.37. The minimum absolute atomic E-state index is 0.150. The lowest BCUT2D eigenvalue weighted by Crippen LogP contribution is -2.30. The van der Waals surface area contributed by atoms with Gasteiger partial charge in [0.25, 0.3) is 5.91 Å². The van der Waals surface area contributed by atoms with Crippen LogP contribution < -0.4 is 5.32 Å². The van der Waals surface area contributed by atoms with Crippen LogP contribution in [0.25, 0.3) is 11.0 Å². The average Bonchev–Trinajstić information content (AvgIpc) is 2.87. The lowest BCUT2D eigenvalue weighted by Gasteiger charge is -2.18. The summed E-state index contributed by atoms with van der Waals surface area (Å²) < 4.78 is 5.60. The third-order valence-corrected chi connectivity index (χ3v) is 3.79. The molecule has 120 valence electrons. The Labute approximate surface area is 131 Å². The number of carbonyl (C=O) groups is 1. The van der Waals surface area contributed by atoms with E-state index in [9.17, 15) is 4.79 Å². The maximum Gasteiger partial charge on any atom is 0.287 e. The van der Waals surface area contributed by atoms with Gasteiger partial charge in [-0.25, -0.2) is 0 Å². The van der Waals surface area contributed by atoms with Gasteiger partial charge in [0.15, 0.2) is 5.76 Å². The zero-order valence-corrected chi connectivity index (χ0v) is 13.6. The third-order valence-electron chi connectivity index (χ3n) is 3.79. The van der Waals surface area contributed by atoms with Crippen LogP contribution in [0.15, 0.2) is 28.7 Å². The Morgan fingerprint density at radius 3 is 2.77 bits per heavy atom. The molecule has 1 aromatic heterocycles. The van der Waals surface area contributed by atoms with Crippen LogP contribution in [0.1, 0.15) is 42.8 Å². The molecule has 0 aliphatic heterocycles. The third kappa shape index (κ3) is 4.34. The van der Waals surface area contributed by atoms with Gasteiger partial charge in [0, 0.05) is 18.5 Å². The van der Waals surface area contributed by atoms with Crippen LogP contribution in [-0.2, 0) is 0 Å². The number of rotatable bonds is 7. The molecule has 22 heavy (non-hydrogen) atoms. The Balaban J connectivity index is 2.00. The maximum atomic E-state index is 12.2. The first-order valence-electron chi connectivity index (χ1n) is 7.89. The standard InChI is InChI=1S/C18H25NO3/c1-12(2)8-14(6-7-20)11-19-18(21)17-10-15-9-13(3)4-5-16(15)22-17/h4-5,9-10,12,14,20H,6-8,11H2,1-3H3,(H,19,21). The van der Waals surface area contributed by atoms with Crippen molar-refractivity contribution in [2.24, 2.45) is 11.8 Å². The van der Waals surface area contributed by atoms with E-state index in [1.807, 2.05) is 25.1 Å². The summed E-state index contributed by atoms with van der Waals surface area (Å²) >= 11 is 0. The van der Waals surface area contributed by atoms with Crippen LogP contribution in [0, 0.1) is 18.8 Å². The van der Waals surface area contributed by atoms with E-state index in [0.717, 1.165) is 23.0 Å². The zero-order valence-electron chi connectivity index (χ0n) is 13.6. The van der Waals surface area contributed by atoms with E-state index in [1.165, 1.54) is 0 Å². The number of hydrogen-bond donors (Lipinski definition) is 2. The van der Waals surface area contributed by atoms with Crippen molar-refractivity contribution in [3.63, 3.8) is 0 Å². The molecule has 1 aromatic carbocycles. The fraction of sp³-hybridized carbons (Fsp3) is 0.500. The van der Waals surface area contributed by atoms with Crippen LogP contribution in [0.2, 0.25) is 0 Å². The SMILES string of the molecule is Cc1ccc2oc(C(=O)NCC(CCO)CC(C)C)cc2c1. The van der Waals surface area contributed by atoms with Crippen molar-refractivity contribution in [2.75, 3.05) is 13.2 Å². The molecule has 0 aliphatic rings. The fourth-order valence-electron chi connectivity index (χ4n) is 2.75.